The Balaban J connectivity index is 2.49. The number of carbonyl (C=O) groups is 1. The van der Waals surface area contributed by atoms with Crippen molar-refractivity contribution in [1.82, 2.24) is 10.2 Å². The van der Waals surface area contributed by atoms with Crippen molar-refractivity contribution >= 4 is 6.09 Å². The van der Waals surface area contributed by atoms with Gasteiger partial charge in [-0.05, 0) is 26.9 Å². The van der Waals surface area contributed by atoms with Crippen molar-refractivity contribution < 1.29 is 9.53 Å². The van der Waals surface area contributed by atoms with Crippen LogP contribution in [0.3, 0.4) is 0 Å². The predicted octanol–water partition coefficient (Wildman–Crippen LogP) is 1.22. The first-order valence-corrected chi connectivity index (χ1v) is 5.16. The predicted molar refractivity (Wildman–Crippen MR) is 55.3 cm³/mol. The number of hydrogen-bond acceptors (Lipinski definition) is 3. The van der Waals surface area contributed by atoms with Gasteiger partial charge in [-0.15, -0.1) is 0 Å². The summed E-state index contributed by atoms with van der Waals surface area (Å²) in [4.78, 5) is 13.3. The van der Waals surface area contributed by atoms with Gasteiger partial charge in [0.15, 0.2) is 0 Å². The van der Waals surface area contributed by atoms with Crippen LogP contribution >= 0.6 is 0 Å². The van der Waals surface area contributed by atoms with Crippen LogP contribution in [0.5, 0.6) is 0 Å². The molecule has 82 valence electrons. The van der Waals surface area contributed by atoms with Crippen molar-refractivity contribution in [2.45, 2.75) is 37.8 Å². The van der Waals surface area contributed by atoms with Crippen LogP contribution < -0.4 is 5.32 Å². The van der Waals surface area contributed by atoms with Crippen molar-refractivity contribution in [2.24, 2.45) is 0 Å². The lowest BCUT2D eigenvalue weighted by Crippen LogP contribution is -2.51. The lowest BCUT2D eigenvalue weighted by Gasteiger charge is -2.36. The summed E-state index contributed by atoms with van der Waals surface area (Å²) < 4.78 is 4.61. The third-order valence-electron chi connectivity index (χ3n) is 2.88. The maximum Gasteiger partial charge on any atom is 0.407 e. The number of alkyl carbamates (subject to hydrolysis) is 1. The third-order valence-corrected chi connectivity index (χ3v) is 2.88. The Morgan fingerprint density at radius 1 is 1.36 bits per heavy atom. The van der Waals surface area contributed by atoms with Crippen LogP contribution in [0.4, 0.5) is 4.79 Å². The molecule has 0 aromatic heterocycles. The van der Waals surface area contributed by atoms with E-state index in [2.05, 4.69) is 29.0 Å². The van der Waals surface area contributed by atoms with E-state index in [-0.39, 0.29) is 12.1 Å². The Kier molecular flexibility index (Phi) is 4.20. The number of amides is 1. The molecule has 1 aliphatic rings. The van der Waals surface area contributed by atoms with Gasteiger partial charge in [-0.2, -0.15) is 0 Å². The third kappa shape index (κ3) is 2.87. The Labute approximate surface area is 85.6 Å². The van der Waals surface area contributed by atoms with Crippen LogP contribution in [0.15, 0.2) is 0 Å². The molecule has 0 aromatic carbocycles. The van der Waals surface area contributed by atoms with Crippen molar-refractivity contribution in [3.05, 3.63) is 0 Å². The van der Waals surface area contributed by atoms with Gasteiger partial charge in [0.1, 0.15) is 0 Å². The molecule has 1 fully saturated rings. The minimum Gasteiger partial charge on any atom is -0.453 e. The Hall–Kier alpha value is -0.770. The monoisotopic (exact) mass is 200 g/mol. The van der Waals surface area contributed by atoms with Gasteiger partial charge in [0.2, 0.25) is 0 Å². The summed E-state index contributed by atoms with van der Waals surface area (Å²) >= 11 is 0. The van der Waals surface area contributed by atoms with E-state index in [9.17, 15) is 4.79 Å². The number of nitrogens with one attached hydrogen (secondary N) is 1. The molecule has 0 aromatic rings. The molecule has 1 amide bonds. The van der Waals surface area contributed by atoms with Gasteiger partial charge in [-0.25, -0.2) is 4.79 Å². The molecule has 0 heterocycles. The highest BCUT2D eigenvalue weighted by atomic mass is 16.5. The van der Waals surface area contributed by atoms with Gasteiger partial charge in [0.25, 0.3) is 0 Å². The molecule has 4 heteroatoms. The molecule has 0 bridgehead atoms. The van der Waals surface area contributed by atoms with E-state index in [0.717, 1.165) is 12.8 Å². The van der Waals surface area contributed by atoms with E-state index < -0.39 is 0 Å². The second kappa shape index (κ2) is 5.20. The molecule has 1 saturated carbocycles. The second-order valence-electron chi connectivity index (χ2n) is 4.06. The maximum absolute atomic E-state index is 11.1. The van der Waals surface area contributed by atoms with Gasteiger partial charge >= 0.3 is 6.09 Å². The largest absolute Gasteiger partial charge is 0.453 e. The Morgan fingerprint density at radius 2 is 2.00 bits per heavy atom. The number of likely N-dealkylation sites (N-methyl/N-ethyl adjacent to an activating group) is 1. The average Bonchev–Trinajstić information content (AvgIpc) is 2.18. The van der Waals surface area contributed by atoms with E-state index in [4.69, 9.17) is 0 Å². The quantitative estimate of drug-likeness (QED) is 0.728. The van der Waals surface area contributed by atoms with Crippen LogP contribution in [0.2, 0.25) is 0 Å². The molecule has 2 unspecified atom stereocenters. The molecule has 1 N–H and O–H groups in total. The fraction of sp³-hybridized carbons (Fsp3) is 0.900. The highest BCUT2D eigenvalue weighted by molar-refractivity contribution is 5.67. The van der Waals surface area contributed by atoms with Gasteiger partial charge in [0.05, 0.1) is 7.11 Å². The van der Waals surface area contributed by atoms with E-state index in [1.807, 2.05) is 0 Å². The van der Waals surface area contributed by atoms with Crippen molar-refractivity contribution in [2.75, 3.05) is 21.2 Å². The van der Waals surface area contributed by atoms with Crippen molar-refractivity contribution in [3.8, 4) is 0 Å². The highest BCUT2D eigenvalue weighted by Crippen LogP contribution is 2.21. The number of hydrogen-bond donors (Lipinski definition) is 1. The van der Waals surface area contributed by atoms with Crippen molar-refractivity contribution in [3.63, 3.8) is 0 Å². The lowest BCUT2D eigenvalue weighted by molar-refractivity contribution is 0.139. The zero-order valence-corrected chi connectivity index (χ0v) is 9.25. The summed E-state index contributed by atoms with van der Waals surface area (Å²) in [6, 6.07) is 0.689. The van der Waals surface area contributed by atoms with E-state index >= 15 is 0 Å². The average molecular weight is 200 g/mol. The molecule has 0 aliphatic heterocycles. The Bertz CT molecular complexity index is 195. The summed E-state index contributed by atoms with van der Waals surface area (Å²) in [5.41, 5.74) is 0. The summed E-state index contributed by atoms with van der Waals surface area (Å²) in [6.45, 7) is 0. The first-order valence-electron chi connectivity index (χ1n) is 5.16. The number of nitrogens with zero attached hydrogens (tertiary/aromatic N) is 1. The number of ether oxygens (including phenoxy) is 1. The van der Waals surface area contributed by atoms with Crippen molar-refractivity contribution in [1.29, 1.82) is 0 Å². The maximum atomic E-state index is 11.1. The summed E-state index contributed by atoms with van der Waals surface area (Å²) in [5, 5.41) is 2.90. The van der Waals surface area contributed by atoms with Crippen LogP contribution in [0, 0.1) is 0 Å². The first-order chi connectivity index (χ1) is 6.65. The van der Waals surface area contributed by atoms with Crippen LogP contribution in [-0.2, 0) is 4.74 Å². The topological polar surface area (TPSA) is 41.6 Å². The minimum atomic E-state index is -0.316. The molecule has 2 atom stereocenters. The van der Waals surface area contributed by atoms with Gasteiger partial charge in [0, 0.05) is 12.1 Å². The van der Waals surface area contributed by atoms with Gasteiger partial charge in [-0.1, -0.05) is 12.8 Å². The van der Waals surface area contributed by atoms with E-state index in [1.165, 1.54) is 20.0 Å². The molecule has 1 rings (SSSR count). The second-order valence-corrected chi connectivity index (χ2v) is 4.06. The molecule has 14 heavy (non-hydrogen) atoms. The summed E-state index contributed by atoms with van der Waals surface area (Å²) in [5.74, 6) is 0. The smallest absolute Gasteiger partial charge is 0.407 e. The number of carbonyl (C=O) groups excluding carboxylic acids is 1. The number of rotatable bonds is 2. The fourth-order valence-electron chi connectivity index (χ4n) is 2.11. The molecule has 4 nitrogen and oxygen atoms in total. The van der Waals surface area contributed by atoms with Gasteiger partial charge < -0.3 is 15.0 Å². The van der Waals surface area contributed by atoms with Crippen LogP contribution in [-0.4, -0.2) is 44.3 Å². The standard InChI is InChI=1S/C10H20N2O2/c1-12(2)9-7-5-4-6-8(9)11-10(13)14-3/h8-9H,4-7H2,1-3H3,(H,11,13). The Morgan fingerprint density at radius 3 is 2.57 bits per heavy atom. The molecule has 0 saturated heterocycles. The normalized spacial score (nSPS) is 27.4. The lowest BCUT2D eigenvalue weighted by atomic mass is 9.90. The van der Waals surface area contributed by atoms with E-state index in [0.29, 0.717) is 6.04 Å². The summed E-state index contributed by atoms with van der Waals surface area (Å²) in [7, 11) is 5.52. The molecule has 1 aliphatic carbocycles. The SMILES string of the molecule is COC(=O)NC1CCCCC1N(C)C. The van der Waals surface area contributed by atoms with E-state index in [1.54, 1.807) is 0 Å². The fourth-order valence-corrected chi connectivity index (χ4v) is 2.11. The zero-order chi connectivity index (χ0) is 10.6. The van der Waals surface area contributed by atoms with Crippen LogP contribution in [0.25, 0.3) is 0 Å². The minimum absolute atomic E-state index is 0.242. The highest BCUT2D eigenvalue weighted by Gasteiger charge is 2.27. The summed E-state index contributed by atoms with van der Waals surface area (Å²) in [6.07, 6.45) is 4.34. The molecular formula is C10H20N2O2. The zero-order valence-electron chi connectivity index (χ0n) is 9.25. The van der Waals surface area contributed by atoms with Gasteiger partial charge in [-0.3, -0.25) is 0 Å². The molecular weight excluding hydrogens is 180 g/mol. The number of methoxy groups -OCH3 is 1. The van der Waals surface area contributed by atoms with Crippen LogP contribution in [0.1, 0.15) is 25.7 Å². The molecule has 0 spiro atoms. The molecule has 0 radical (unpaired) electrons. The first kappa shape index (κ1) is 11.3.